The van der Waals surface area contributed by atoms with Gasteiger partial charge in [0.05, 0.1) is 6.04 Å². The summed E-state index contributed by atoms with van der Waals surface area (Å²) in [4.78, 5) is 24.6. The van der Waals surface area contributed by atoms with Gasteiger partial charge in [0.1, 0.15) is 28.6 Å². The van der Waals surface area contributed by atoms with E-state index in [2.05, 4.69) is 25.2 Å². The number of aliphatic hydroxyl groups is 2. The number of hydrogen-bond donors (Lipinski definition) is 3. The molecule has 2 rings (SSSR count). The van der Waals surface area contributed by atoms with Gasteiger partial charge in [0.15, 0.2) is 12.1 Å². The van der Waals surface area contributed by atoms with Crippen LogP contribution in [0, 0.1) is 5.92 Å². The van der Waals surface area contributed by atoms with Gasteiger partial charge in [-0.2, -0.15) is 0 Å². The van der Waals surface area contributed by atoms with E-state index in [9.17, 15) is 19.8 Å². The van der Waals surface area contributed by atoms with Crippen molar-refractivity contribution in [3.8, 4) is 0 Å². The van der Waals surface area contributed by atoms with Gasteiger partial charge in [0, 0.05) is 19.6 Å². The highest BCUT2D eigenvalue weighted by molar-refractivity contribution is 6.41. The maximum atomic E-state index is 12.5. The van der Waals surface area contributed by atoms with Gasteiger partial charge in [-0.15, -0.1) is 23.2 Å². The minimum absolute atomic E-state index is 0.0171. The number of ketones is 1. The molecule has 1 saturated carbocycles. The molecule has 1 spiro atoms. The number of ether oxygens (including phenoxy) is 2. The largest absolute Gasteiger partial charge is 0.388 e. The lowest BCUT2D eigenvalue weighted by Gasteiger charge is -2.44. The average molecular weight is 506 g/mol. The minimum Gasteiger partial charge on any atom is -0.388 e. The standard InChI is InChI=1S/C24H37Cl2NO6/c1-5-6-7-8-9-14(2)12-15(3)10-11-17(28)27-16-13-24(33-23(16)32-4)21(30)18(25)20(29)19(26)22(24)31/h10-12,14,16,18-19,21-23,30-31H,5-9,13H2,1-4H3,(H,27,28)/b11-10+,15-12+/t14-,16+,18-,19+,21-,22-,23-,24?/m1/s1. The Morgan fingerprint density at radius 2 is 1.88 bits per heavy atom. The first-order valence-corrected chi connectivity index (χ1v) is 12.5. The van der Waals surface area contributed by atoms with Crippen molar-refractivity contribution < 1.29 is 29.3 Å². The van der Waals surface area contributed by atoms with Crippen LogP contribution in [0.2, 0.25) is 0 Å². The minimum atomic E-state index is -1.63. The zero-order valence-corrected chi connectivity index (χ0v) is 21.3. The number of unbranched alkanes of at least 4 members (excludes halogenated alkanes) is 3. The SMILES string of the molecule is CCCCCC[C@@H](C)/C=C(C)/C=C/C(=O)N[C@H]1CC2(O[C@H]1OC)[C@H](O)[C@H](Cl)C(=O)[C@H](Cl)[C@H]2O. The van der Waals surface area contributed by atoms with E-state index in [4.69, 9.17) is 32.7 Å². The fourth-order valence-corrected chi connectivity index (χ4v) is 5.31. The molecular formula is C24H37Cl2NO6. The van der Waals surface area contributed by atoms with Crippen molar-refractivity contribution >= 4 is 34.9 Å². The predicted octanol–water partition coefficient (Wildman–Crippen LogP) is 3.23. The molecule has 1 saturated heterocycles. The quantitative estimate of drug-likeness (QED) is 0.182. The molecule has 0 bridgehead atoms. The zero-order valence-electron chi connectivity index (χ0n) is 19.8. The molecule has 7 nitrogen and oxygen atoms in total. The molecule has 2 aliphatic rings. The normalized spacial score (nSPS) is 36.0. The molecule has 8 atom stereocenters. The summed E-state index contributed by atoms with van der Waals surface area (Å²) in [6.45, 7) is 6.31. The molecule has 3 N–H and O–H groups in total. The van der Waals surface area contributed by atoms with Crippen molar-refractivity contribution in [3.63, 3.8) is 0 Å². The van der Waals surface area contributed by atoms with E-state index in [1.54, 1.807) is 6.08 Å². The molecule has 0 radical (unpaired) electrons. The number of carbonyl (C=O) groups excluding carboxylic acids is 2. The molecule has 1 heterocycles. The number of rotatable bonds is 10. The van der Waals surface area contributed by atoms with E-state index >= 15 is 0 Å². The number of methoxy groups -OCH3 is 1. The highest BCUT2D eigenvalue weighted by Crippen LogP contribution is 2.44. The Hall–Kier alpha value is -0.960. The second-order valence-electron chi connectivity index (χ2n) is 9.16. The third kappa shape index (κ3) is 6.80. The predicted molar refractivity (Wildman–Crippen MR) is 128 cm³/mol. The fraction of sp³-hybridized carbons (Fsp3) is 0.750. The topological polar surface area (TPSA) is 105 Å². The summed E-state index contributed by atoms with van der Waals surface area (Å²) >= 11 is 12.1. The second kappa shape index (κ2) is 12.7. The molecule has 33 heavy (non-hydrogen) atoms. The Bertz CT molecular complexity index is 724. The first kappa shape index (κ1) is 28.3. The van der Waals surface area contributed by atoms with Gasteiger partial charge < -0.3 is 25.0 Å². The first-order valence-electron chi connectivity index (χ1n) is 11.6. The number of carbonyl (C=O) groups is 2. The van der Waals surface area contributed by atoms with Crippen LogP contribution >= 0.6 is 23.2 Å². The highest BCUT2D eigenvalue weighted by atomic mass is 35.5. The van der Waals surface area contributed by atoms with Gasteiger partial charge >= 0.3 is 0 Å². The Labute approximate surface area is 206 Å². The van der Waals surface area contributed by atoms with Crippen molar-refractivity contribution in [2.75, 3.05) is 7.11 Å². The summed E-state index contributed by atoms with van der Waals surface area (Å²) < 4.78 is 11.1. The second-order valence-corrected chi connectivity index (χ2v) is 10.1. The van der Waals surface area contributed by atoms with Crippen LogP contribution in [0.25, 0.3) is 0 Å². The molecule has 0 aromatic heterocycles. The van der Waals surface area contributed by atoms with Gasteiger partial charge in [-0.25, -0.2) is 0 Å². The maximum absolute atomic E-state index is 12.5. The summed E-state index contributed by atoms with van der Waals surface area (Å²) in [5, 5.41) is 21.4. The Kier molecular flexibility index (Phi) is 10.8. The third-order valence-electron chi connectivity index (χ3n) is 6.42. The lowest BCUT2D eigenvalue weighted by molar-refractivity contribution is -0.231. The Morgan fingerprint density at radius 1 is 1.24 bits per heavy atom. The van der Waals surface area contributed by atoms with E-state index < -0.39 is 46.7 Å². The fourth-order valence-electron chi connectivity index (χ4n) is 4.55. The molecule has 1 aliphatic heterocycles. The Balaban J connectivity index is 2.00. The van der Waals surface area contributed by atoms with E-state index in [-0.39, 0.29) is 12.3 Å². The van der Waals surface area contributed by atoms with Crippen LogP contribution in [0.4, 0.5) is 0 Å². The van der Waals surface area contributed by atoms with Crippen LogP contribution in [0.15, 0.2) is 23.8 Å². The summed E-state index contributed by atoms with van der Waals surface area (Å²) in [7, 11) is 1.39. The van der Waals surface area contributed by atoms with Crippen LogP contribution in [0.3, 0.4) is 0 Å². The van der Waals surface area contributed by atoms with Crippen LogP contribution in [-0.2, 0) is 19.1 Å². The monoisotopic (exact) mass is 505 g/mol. The number of halogens is 2. The van der Waals surface area contributed by atoms with Crippen LogP contribution in [-0.4, -0.2) is 69.9 Å². The molecule has 1 unspecified atom stereocenters. The van der Waals surface area contributed by atoms with Gasteiger partial charge in [-0.1, -0.05) is 57.3 Å². The van der Waals surface area contributed by atoms with Crippen LogP contribution < -0.4 is 5.32 Å². The summed E-state index contributed by atoms with van der Waals surface area (Å²) in [5.41, 5.74) is -0.639. The maximum Gasteiger partial charge on any atom is 0.244 e. The van der Waals surface area contributed by atoms with Crippen molar-refractivity contribution in [1.82, 2.24) is 5.32 Å². The number of nitrogens with one attached hydrogen (secondary N) is 1. The van der Waals surface area contributed by atoms with E-state index in [0.29, 0.717) is 5.92 Å². The van der Waals surface area contributed by atoms with E-state index in [0.717, 1.165) is 12.0 Å². The van der Waals surface area contributed by atoms with Crippen molar-refractivity contribution in [1.29, 1.82) is 0 Å². The number of aliphatic hydroxyl groups excluding tert-OH is 2. The van der Waals surface area contributed by atoms with Crippen LogP contribution in [0.5, 0.6) is 0 Å². The summed E-state index contributed by atoms with van der Waals surface area (Å²) in [6.07, 6.45) is 7.37. The molecular weight excluding hydrogens is 469 g/mol. The Morgan fingerprint density at radius 3 is 2.45 bits per heavy atom. The lowest BCUT2D eigenvalue weighted by Crippen LogP contribution is -2.67. The number of hydrogen-bond acceptors (Lipinski definition) is 6. The average Bonchev–Trinajstić information content (AvgIpc) is 3.16. The molecule has 9 heteroatoms. The molecule has 2 fully saturated rings. The molecule has 188 valence electrons. The highest BCUT2D eigenvalue weighted by Gasteiger charge is 2.64. The van der Waals surface area contributed by atoms with Crippen molar-refractivity contribution in [2.24, 2.45) is 5.92 Å². The molecule has 1 aliphatic carbocycles. The van der Waals surface area contributed by atoms with Gasteiger partial charge in [0.2, 0.25) is 5.91 Å². The summed E-state index contributed by atoms with van der Waals surface area (Å²) in [6, 6.07) is -0.681. The molecule has 0 aromatic rings. The smallest absolute Gasteiger partial charge is 0.244 e. The number of alkyl halides is 2. The van der Waals surface area contributed by atoms with Gasteiger partial charge in [0.25, 0.3) is 0 Å². The van der Waals surface area contributed by atoms with E-state index in [1.807, 2.05) is 6.92 Å². The van der Waals surface area contributed by atoms with Crippen LogP contribution in [0.1, 0.15) is 59.3 Å². The number of amides is 1. The van der Waals surface area contributed by atoms with Gasteiger partial charge in [-0.05, 0) is 19.3 Å². The van der Waals surface area contributed by atoms with Crippen molar-refractivity contribution in [3.05, 3.63) is 23.8 Å². The molecule has 1 amide bonds. The first-order chi connectivity index (χ1) is 15.6. The summed E-state index contributed by atoms with van der Waals surface area (Å²) in [5.74, 6) is -0.606. The van der Waals surface area contributed by atoms with Crippen molar-refractivity contribution in [2.45, 2.75) is 100 Å². The molecule has 0 aromatic carbocycles. The zero-order chi connectivity index (χ0) is 24.8. The number of allylic oxidation sites excluding steroid dienone is 3. The van der Waals surface area contributed by atoms with Gasteiger partial charge in [-0.3, -0.25) is 9.59 Å². The third-order valence-corrected chi connectivity index (χ3v) is 7.33. The van der Waals surface area contributed by atoms with E-state index in [1.165, 1.54) is 38.9 Å². The number of Topliss-reactive ketones (excluding diaryl/α,β-unsaturated/α-hetero) is 1. The lowest BCUT2D eigenvalue weighted by atomic mass is 9.76.